The molecule has 0 saturated carbocycles. The summed E-state index contributed by atoms with van der Waals surface area (Å²) in [5, 5.41) is 11.8. The van der Waals surface area contributed by atoms with Gasteiger partial charge in [-0.2, -0.15) is 0 Å². The Bertz CT molecular complexity index is 409. The Kier molecular flexibility index (Phi) is 3.10. The summed E-state index contributed by atoms with van der Waals surface area (Å²) >= 11 is 0. The Morgan fingerprint density at radius 1 is 1.47 bits per heavy atom. The third kappa shape index (κ3) is 2.28. The highest BCUT2D eigenvalue weighted by molar-refractivity contribution is 5.96. The van der Waals surface area contributed by atoms with Gasteiger partial charge in [0, 0.05) is 26.1 Å². The molecule has 3 N–H and O–H groups in total. The van der Waals surface area contributed by atoms with Gasteiger partial charge in [0.05, 0.1) is 12.5 Å². The number of nitrogens with zero attached hydrogens (tertiary/aromatic N) is 1. The molecule has 7 nitrogen and oxygen atoms in total. The van der Waals surface area contributed by atoms with Gasteiger partial charge in [-0.15, -0.1) is 0 Å². The Labute approximate surface area is 97.2 Å². The van der Waals surface area contributed by atoms with Crippen LogP contribution in [-0.4, -0.2) is 45.7 Å². The van der Waals surface area contributed by atoms with E-state index in [0.717, 1.165) is 0 Å². The first-order valence-corrected chi connectivity index (χ1v) is 5.26. The van der Waals surface area contributed by atoms with Gasteiger partial charge in [0.1, 0.15) is 11.2 Å². The highest BCUT2D eigenvalue weighted by Gasteiger charge is 2.41. The van der Waals surface area contributed by atoms with Crippen LogP contribution in [0.2, 0.25) is 0 Å². The number of H-pyrrole nitrogens is 1. The van der Waals surface area contributed by atoms with Crippen molar-refractivity contribution < 1.29 is 19.4 Å². The molecule has 1 saturated heterocycles. The Morgan fingerprint density at radius 2 is 2.18 bits per heavy atom. The van der Waals surface area contributed by atoms with Gasteiger partial charge in [-0.3, -0.25) is 4.79 Å². The second-order valence-corrected chi connectivity index (χ2v) is 3.92. The fourth-order valence-corrected chi connectivity index (χ4v) is 1.78. The standard InChI is InChI=1S/C10H13N3O4/c14-8(7-5-11-6-12-7)13-10(9(15)16)1-3-17-4-2-10/h5-6H,1-4H2,(H,11,12)(H,13,14)(H,15,16). The van der Waals surface area contributed by atoms with Crippen molar-refractivity contribution in [1.29, 1.82) is 0 Å². The first-order valence-electron chi connectivity index (χ1n) is 5.26. The molecule has 0 bridgehead atoms. The third-order valence-electron chi connectivity index (χ3n) is 2.85. The molecule has 0 spiro atoms. The second kappa shape index (κ2) is 4.54. The van der Waals surface area contributed by atoms with Crippen molar-refractivity contribution in [2.75, 3.05) is 13.2 Å². The van der Waals surface area contributed by atoms with E-state index in [4.69, 9.17) is 4.74 Å². The van der Waals surface area contributed by atoms with E-state index in [0.29, 0.717) is 13.2 Å². The molecule has 1 aliphatic rings. The lowest BCUT2D eigenvalue weighted by Crippen LogP contribution is -2.57. The van der Waals surface area contributed by atoms with Crippen molar-refractivity contribution in [2.24, 2.45) is 0 Å². The smallest absolute Gasteiger partial charge is 0.329 e. The topological polar surface area (TPSA) is 104 Å². The number of nitrogens with one attached hydrogen (secondary N) is 2. The largest absolute Gasteiger partial charge is 0.480 e. The van der Waals surface area contributed by atoms with E-state index in [1.54, 1.807) is 0 Å². The molecule has 1 amide bonds. The van der Waals surface area contributed by atoms with Crippen LogP contribution in [0.4, 0.5) is 0 Å². The number of carboxylic acid groups (broad SMARTS) is 1. The van der Waals surface area contributed by atoms with Crippen LogP contribution in [0.3, 0.4) is 0 Å². The van der Waals surface area contributed by atoms with E-state index < -0.39 is 17.4 Å². The van der Waals surface area contributed by atoms with Gasteiger partial charge in [-0.25, -0.2) is 9.78 Å². The summed E-state index contributed by atoms with van der Waals surface area (Å²) < 4.78 is 5.11. The number of hydrogen-bond donors (Lipinski definition) is 3. The number of hydrogen-bond acceptors (Lipinski definition) is 4. The fraction of sp³-hybridized carbons (Fsp3) is 0.500. The van der Waals surface area contributed by atoms with Gasteiger partial charge in [-0.05, 0) is 0 Å². The number of carbonyl (C=O) groups is 2. The summed E-state index contributed by atoms with van der Waals surface area (Å²) in [6.07, 6.45) is 3.25. The van der Waals surface area contributed by atoms with Gasteiger partial charge >= 0.3 is 5.97 Å². The van der Waals surface area contributed by atoms with Crippen LogP contribution in [0.15, 0.2) is 12.5 Å². The van der Waals surface area contributed by atoms with Gasteiger partial charge in [0.25, 0.3) is 5.91 Å². The molecule has 0 radical (unpaired) electrons. The van der Waals surface area contributed by atoms with Crippen molar-refractivity contribution >= 4 is 11.9 Å². The number of aromatic amines is 1. The molecule has 1 aromatic heterocycles. The molecule has 2 rings (SSSR count). The average Bonchev–Trinajstić information content (AvgIpc) is 2.83. The zero-order valence-electron chi connectivity index (χ0n) is 9.10. The van der Waals surface area contributed by atoms with Gasteiger partial charge in [0.15, 0.2) is 0 Å². The van der Waals surface area contributed by atoms with E-state index in [1.165, 1.54) is 12.5 Å². The normalized spacial score (nSPS) is 18.6. The first kappa shape index (κ1) is 11.6. The molecule has 92 valence electrons. The van der Waals surface area contributed by atoms with Gasteiger partial charge in [-0.1, -0.05) is 0 Å². The molecule has 1 fully saturated rings. The van der Waals surface area contributed by atoms with E-state index in [-0.39, 0.29) is 18.5 Å². The van der Waals surface area contributed by atoms with Crippen LogP contribution < -0.4 is 5.32 Å². The third-order valence-corrected chi connectivity index (χ3v) is 2.85. The predicted molar refractivity (Wildman–Crippen MR) is 56.5 cm³/mol. The number of carboxylic acids is 1. The van der Waals surface area contributed by atoms with Crippen LogP contribution in [-0.2, 0) is 9.53 Å². The molecule has 2 heterocycles. The van der Waals surface area contributed by atoms with Crippen LogP contribution in [0.25, 0.3) is 0 Å². The Morgan fingerprint density at radius 3 is 2.71 bits per heavy atom. The zero-order valence-corrected chi connectivity index (χ0v) is 9.10. The molecular formula is C10H13N3O4. The Balaban J connectivity index is 2.13. The number of aliphatic carboxylic acids is 1. The van der Waals surface area contributed by atoms with Crippen LogP contribution in [0.5, 0.6) is 0 Å². The average molecular weight is 239 g/mol. The van der Waals surface area contributed by atoms with Gasteiger partial charge in [0.2, 0.25) is 0 Å². The molecule has 1 aliphatic heterocycles. The predicted octanol–water partition coefficient (Wildman–Crippen LogP) is -0.227. The van der Waals surface area contributed by atoms with Crippen molar-refractivity contribution in [3.05, 3.63) is 18.2 Å². The minimum Gasteiger partial charge on any atom is -0.480 e. The summed E-state index contributed by atoms with van der Waals surface area (Å²) in [6, 6.07) is 0. The van der Waals surface area contributed by atoms with Crippen LogP contribution in [0, 0.1) is 0 Å². The van der Waals surface area contributed by atoms with Crippen molar-refractivity contribution in [1.82, 2.24) is 15.3 Å². The molecular weight excluding hydrogens is 226 g/mol. The lowest BCUT2D eigenvalue weighted by atomic mass is 9.90. The Hall–Kier alpha value is -1.89. The molecule has 17 heavy (non-hydrogen) atoms. The number of ether oxygens (including phenoxy) is 1. The maximum absolute atomic E-state index is 11.8. The lowest BCUT2D eigenvalue weighted by Gasteiger charge is -2.33. The lowest BCUT2D eigenvalue weighted by molar-refractivity contribution is -0.148. The molecule has 0 unspecified atom stereocenters. The summed E-state index contributed by atoms with van der Waals surface area (Å²) in [7, 11) is 0. The van der Waals surface area contributed by atoms with Crippen molar-refractivity contribution in [3.8, 4) is 0 Å². The molecule has 0 aliphatic carbocycles. The summed E-state index contributed by atoms with van der Waals surface area (Å²) in [6.45, 7) is 0.658. The second-order valence-electron chi connectivity index (χ2n) is 3.92. The van der Waals surface area contributed by atoms with E-state index in [9.17, 15) is 14.7 Å². The van der Waals surface area contributed by atoms with Crippen molar-refractivity contribution in [3.63, 3.8) is 0 Å². The quantitative estimate of drug-likeness (QED) is 0.676. The molecule has 0 atom stereocenters. The SMILES string of the molecule is O=C(NC1(C(=O)O)CCOCC1)c1cnc[nH]1. The minimum atomic E-state index is -1.24. The number of amides is 1. The maximum Gasteiger partial charge on any atom is 0.329 e. The number of aromatic nitrogens is 2. The summed E-state index contributed by atoms with van der Waals surface area (Å²) in [5.74, 6) is -1.50. The summed E-state index contributed by atoms with van der Waals surface area (Å²) in [5.41, 5.74) is -0.988. The fourth-order valence-electron chi connectivity index (χ4n) is 1.78. The van der Waals surface area contributed by atoms with Crippen molar-refractivity contribution in [2.45, 2.75) is 18.4 Å². The molecule has 1 aromatic rings. The molecule has 0 aromatic carbocycles. The summed E-state index contributed by atoms with van der Waals surface area (Å²) in [4.78, 5) is 29.4. The number of imidazole rings is 1. The monoisotopic (exact) mass is 239 g/mol. The number of carbonyl (C=O) groups excluding carboxylic acids is 1. The van der Waals surface area contributed by atoms with Gasteiger partial charge < -0.3 is 20.1 Å². The molecule has 7 heteroatoms. The highest BCUT2D eigenvalue weighted by Crippen LogP contribution is 2.21. The minimum absolute atomic E-state index is 0.247. The zero-order chi connectivity index (χ0) is 12.3. The van der Waals surface area contributed by atoms with E-state index in [1.807, 2.05) is 0 Å². The van der Waals surface area contributed by atoms with Crippen LogP contribution >= 0.6 is 0 Å². The maximum atomic E-state index is 11.8. The highest BCUT2D eigenvalue weighted by atomic mass is 16.5. The van der Waals surface area contributed by atoms with E-state index in [2.05, 4.69) is 15.3 Å². The van der Waals surface area contributed by atoms with E-state index >= 15 is 0 Å². The number of rotatable bonds is 3. The first-order chi connectivity index (χ1) is 8.14. The van der Waals surface area contributed by atoms with Crippen LogP contribution in [0.1, 0.15) is 23.3 Å².